The van der Waals surface area contributed by atoms with E-state index in [1.165, 1.54) is 11.8 Å². The van der Waals surface area contributed by atoms with Gasteiger partial charge in [-0.05, 0) is 30.2 Å². The van der Waals surface area contributed by atoms with Crippen LogP contribution >= 0.6 is 0 Å². The molecule has 0 radical (unpaired) electrons. The Hall–Kier alpha value is -3.46. The molecule has 0 bridgehead atoms. The van der Waals surface area contributed by atoms with E-state index in [1.54, 1.807) is 6.07 Å². The van der Waals surface area contributed by atoms with Crippen molar-refractivity contribution < 1.29 is 0 Å². The van der Waals surface area contributed by atoms with Gasteiger partial charge in [-0.25, -0.2) is 0 Å². The summed E-state index contributed by atoms with van der Waals surface area (Å²) in [5, 5.41) is 23.4. The molecule has 6 nitrogen and oxygen atoms in total. The first-order chi connectivity index (χ1) is 11.8. The predicted octanol–water partition coefficient (Wildman–Crippen LogP) is 3.79. The number of benzene rings is 2. The SMILES string of the molecule is CCc1ccccc1Nc1nncc(Nc2ccccc2C#N)n1. The Morgan fingerprint density at radius 1 is 1.00 bits per heavy atom. The number of nitriles is 1. The molecular weight excluding hydrogens is 300 g/mol. The van der Waals surface area contributed by atoms with E-state index in [9.17, 15) is 0 Å². The van der Waals surface area contributed by atoms with Gasteiger partial charge in [0.15, 0.2) is 5.82 Å². The molecule has 2 aromatic carbocycles. The molecule has 0 aliphatic carbocycles. The third-order valence-electron chi connectivity index (χ3n) is 3.51. The lowest BCUT2D eigenvalue weighted by molar-refractivity contribution is 0.980. The third kappa shape index (κ3) is 3.47. The standard InChI is InChI=1S/C18H16N6/c1-2-13-7-3-5-9-15(13)22-18-23-17(12-20-24-18)21-16-10-6-4-8-14(16)11-19/h3-10,12H,2H2,1H3,(H2,21,22,23,24). The van der Waals surface area contributed by atoms with Crippen molar-refractivity contribution in [3.8, 4) is 6.07 Å². The summed E-state index contributed by atoms with van der Waals surface area (Å²) in [6, 6.07) is 17.4. The van der Waals surface area contributed by atoms with E-state index in [0.29, 0.717) is 23.0 Å². The first kappa shape index (κ1) is 15.4. The Labute approximate surface area is 140 Å². The number of nitrogens with zero attached hydrogens (tertiary/aromatic N) is 4. The number of anilines is 4. The molecule has 3 aromatic rings. The molecule has 1 heterocycles. The molecule has 118 valence electrons. The van der Waals surface area contributed by atoms with Crippen LogP contribution in [0.5, 0.6) is 0 Å². The van der Waals surface area contributed by atoms with E-state index in [2.05, 4.69) is 44.9 Å². The number of hydrogen-bond acceptors (Lipinski definition) is 6. The van der Waals surface area contributed by atoms with Crippen LogP contribution in [0.1, 0.15) is 18.1 Å². The summed E-state index contributed by atoms with van der Waals surface area (Å²) in [5.74, 6) is 0.916. The molecule has 24 heavy (non-hydrogen) atoms. The molecule has 0 aliphatic heterocycles. The summed E-state index contributed by atoms with van der Waals surface area (Å²) in [5.41, 5.74) is 3.35. The highest BCUT2D eigenvalue weighted by atomic mass is 15.3. The summed E-state index contributed by atoms with van der Waals surface area (Å²) >= 11 is 0. The van der Waals surface area contributed by atoms with Gasteiger partial charge in [0.05, 0.1) is 17.4 Å². The second kappa shape index (κ2) is 7.20. The molecule has 0 unspecified atom stereocenters. The highest BCUT2D eigenvalue weighted by Crippen LogP contribution is 2.21. The molecule has 3 rings (SSSR count). The summed E-state index contributed by atoms with van der Waals surface area (Å²) in [7, 11) is 0. The van der Waals surface area contributed by atoms with E-state index < -0.39 is 0 Å². The van der Waals surface area contributed by atoms with Gasteiger partial charge < -0.3 is 10.6 Å². The van der Waals surface area contributed by atoms with Crippen LogP contribution in [-0.4, -0.2) is 15.2 Å². The minimum absolute atomic E-state index is 0.398. The molecule has 0 amide bonds. The van der Waals surface area contributed by atoms with Crippen molar-refractivity contribution in [3.05, 3.63) is 65.9 Å². The second-order valence-corrected chi connectivity index (χ2v) is 5.08. The number of rotatable bonds is 5. The average Bonchev–Trinajstić information content (AvgIpc) is 2.63. The van der Waals surface area contributed by atoms with Gasteiger partial charge in [0.2, 0.25) is 5.95 Å². The van der Waals surface area contributed by atoms with Crippen LogP contribution in [0.15, 0.2) is 54.7 Å². The summed E-state index contributed by atoms with van der Waals surface area (Å²) < 4.78 is 0. The zero-order chi connectivity index (χ0) is 16.8. The normalized spacial score (nSPS) is 10.0. The Balaban J connectivity index is 1.83. The minimum atomic E-state index is 0.398. The molecule has 6 heteroatoms. The average molecular weight is 316 g/mol. The van der Waals surface area contributed by atoms with E-state index in [0.717, 1.165) is 12.1 Å². The van der Waals surface area contributed by atoms with Gasteiger partial charge in [-0.3, -0.25) is 0 Å². The lowest BCUT2D eigenvalue weighted by Gasteiger charge is -2.10. The summed E-state index contributed by atoms with van der Waals surface area (Å²) in [6.07, 6.45) is 2.43. The molecule has 0 saturated carbocycles. The maximum absolute atomic E-state index is 9.15. The number of aromatic nitrogens is 3. The summed E-state index contributed by atoms with van der Waals surface area (Å²) in [4.78, 5) is 4.41. The molecule has 1 aromatic heterocycles. The van der Waals surface area contributed by atoms with Crippen molar-refractivity contribution in [3.63, 3.8) is 0 Å². The smallest absolute Gasteiger partial charge is 0.249 e. The first-order valence-electron chi connectivity index (χ1n) is 7.61. The van der Waals surface area contributed by atoms with Crippen LogP contribution in [0.2, 0.25) is 0 Å². The van der Waals surface area contributed by atoms with Gasteiger partial charge in [-0.1, -0.05) is 37.3 Å². The van der Waals surface area contributed by atoms with Crippen LogP contribution in [-0.2, 0) is 6.42 Å². The van der Waals surface area contributed by atoms with Gasteiger partial charge in [-0.2, -0.15) is 15.3 Å². The largest absolute Gasteiger partial charge is 0.338 e. The van der Waals surface area contributed by atoms with Crippen molar-refractivity contribution >= 4 is 23.1 Å². The molecule has 0 atom stereocenters. The van der Waals surface area contributed by atoms with E-state index in [4.69, 9.17) is 5.26 Å². The molecule has 0 aliphatic rings. The number of hydrogen-bond donors (Lipinski definition) is 2. The van der Waals surface area contributed by atoms with Gasteiger partial charge in [0.25, 0.3) is 0 Å². The van der Waals surface area contributed by atoms with Crippen molar-refractivity contribution in [2.45, 2.75) is 13.3 Å². The van der Waals surface area contributed by atoms with Crippen LogP contribution in [0.3, 0.4) is 0 Å². The Morgan fingerprint density at radius 3 is 2.54 bits per heavy atom. The predicted molar refractivity (Wildman–Crippen MR) is 93.4 cm³/mol. The topological polar surface area (TPSA) is 86.5 Å². The fraction of sp³-hybridized carbons (Fsp3) is 0.111. The Morgan fingerprint density at radius 2 is 1.75 bits per heavy atom. The van der Waals surface area contributed by atoms with Crippen LogP contribution in [0.4, 0.5) is 23.1 Å². The van der Waals surface area contributed by atoms with Gasteiger partial charge in [0.1, 0.15) is 6.07 Å². The zero-order valence-corrected chi connectivity index (χ0v) is 13.2. The fourth-order valence-electron chi connectivity index (χ4n) is 2.32. The number of para-hydroxylation sites is 2. The molecule has 0 fully saturated rings. The maximum Gasteiger partial charge on any atom is 0.249 e. The Bertz CT molecular complexity index is 884. The van der Waals surface area contributed by atoms with Crippen molar-refractivity contribution in [2.24, 2.45) is 0 Å². The zero-order valence-electron chi connectivity index (χ0n) is 13.2. The minimum Gasteiger partial charge on any atom is -0.338 e. The van der Waals surface area contributed by atoms with E-state index in [1.807, 2.05) is 36.4 Å². The van der Waals surface area contributed by atoms with Crippen LogP contribution < -0.4 is 10.6 Å². The lowest BCUT2D eigenvalue weighted by atomic mass is 10.1. The van der Waals surface area contributed by atoms with Crippen LogP contribution in [0, 0.1) is 11.3 Å². The molecule has 2 N–H and O–H groups in total. The quantitative estimate of drug-likeness (QED) is 0.744. The fourth-order valence-corrected chi connectivity index (χ4v) is 2.32. The maximum atomic E-state index is 9.15. The van der Waals surface area contributed by atoms with Crippen molar-refractivity contribution in [1.29, 1.82) is 5.26 Å². The molecule has 0 saturated heterocycles. The number of nitrogens with one attached hydrogen (secondary N) is 2. The van der Waals surface area contributed by atoms with Gasteiger partial charge in [-0.15, -0.1) is 5.10 Å². The molecular formula is C18H16N6. The number of aryl methyl sites for hydroxylation is 1. The summed E-state index contributed by atoms with van der Waals surface area (Å²) in [6.45, 7) is 2.09. The third-order valence-corrected chi connectivity index (χ3v) is 3.51. The van der Waals surface area contributed by atoms with Gasteiger partial charge >= 0.3 is 0 Å². The van der Waals surface area contributed by atoms with E-state index in [-0.39, 0.29) is 0 Å². The Kier molecular flexibility index (Phi) is 4.63. The van der Waals surface area contributed by atoms with E-state index >= 15 is 0 Å². The molecule has 0 spiro atoms. The van der Waals surface area contributed by atoms with Crippen molar-refractivity contribution in [2.75, 3.05) is 10.6 Å². The second-order valence-electron chi connectivity index (χ2n) is 5.08. The lowest BCUT2D eigenvalue weighted by Crippen LogP contribution is -2.04. The van der Waals surface area contributed by atoms with Crippen LogP contribution in [0.25, 0.3) is 0 Å². The van der Waals surface area contributed by atoms with Gasteiger partial charge in [0, 0.05) is 5.69 Å². The highest BCUT2D eigenvalue weighted by Gasteiger charge is 2.06. The monoisotopic (exact) mass is 316 g/mol. The van der Waals surface area contributed by atoms with Crippen molar-refractivity contribution in [1.82, 2.24) is 15.2 Å². The highest BCUT2D eigenvalue weighted by molar-refractivity contribution is 5.65. The first-order valence-corrected chi connectivity index (χ1v) is 7.61.